The van der Waals surface area contributed by atoms with Crippen LogP contribution in [0.5, 0.6) is 0 Å². The maximum atomic E-state index is 13.0. The normalized spacial score (nSPS) is 20.9. The Morgan fingerprint density at radius 2 is 2.05 bits per heavy atom. The lowest BCUT2D eigenvalue weighted by atomic mass is 10.0. The van der Waals surface area contributed by atoms with Crippen LogP contribution in [-0.4, -0.2) is 24.4 Å². The topological polar surface area (TPSA) is 41.1 Å². The van der Waals surface area contributed by atoms with Crippen LogP contribution in [0.25, 0.3) is 0 Å². The minimum absolute atomic E-state index is 0.355. The fourth-order valence-electron chi connectivity index (χ4n) is 2.42. The predicted octanol–water partition coefficient (Wildman–Crippen LogP) is 2.68. The van der Waals surface area contributed by atoms with Gasteiger partial charge in [0.2, 0.25) is 5.91 Å². The molecule has 1 heterocycles. The molecule has 1 aliphatic heterocycles. The zero-order valence-electron chi connectivity index (χ0n) is 11.4. The summed E-state index contributed by atoms with van der Waals surface area (Å²) in [6.45, 7) is 3.84. The average molecular weight is 347 g/mol. The largest absolute Gasteiger partial charge is 0.351 e. The van der Waals surface area contributed by atoms with Crippen molar-refractivity contribution in [3.63, 3.8) is 0 Å². The van der Waals surface area contributed by atoms with Crippen molar-refractivity contribution in [2.75, 3.05) is 6.54 Å². The van der Waals surface area contributed by atoms with E-state index in [-0.39, 0.29) is 5.91 Å². The molecule has 1 aliphatic rings. The molecule has 3 nitrogen and oxygen atoms in total. The number of halogens is 3. The third-order valence-corrected chi connectivity index (χ3v) is 3.98. The molecule has 2 rings (SSSR count). The summed E-state index contributed by atoms with van der Waals surface area (Å²) in [5.74, 6) is -3.16. The van der Waals surface area contributed by atoms with Gasteiger partial charge in [-0.15, -0.1) is 0 Å². The molecule has 0 aromatic heterocycles. The average Bonchev–Trinajstić information content (AvgIpc) is 2.68. The highest BCUT2D eigenvalue weighted by molar-refractivity contribution is 9.10. The van der Waals surface area contributed by atoms with Crippen LogP contribution in [-0.2, 0) is 11.3 Å². The van der Waals surface area contributed by atoms with E-state index in [0.717, 1.165) is 21.2 Å². The van der Waals surface area contributed by atoms with Crippen molar-refractivity contribution in [2.24, 2.45) is 0 Å². The Morgan fingerprint density at radius 1 is 1.45 bits per heavy atom. The molecule has 2 N–H and O–H groups in total. The van der Waals surface area contributed by atoms with E-state index in [0.29, 0.717) is 6.54 Å². The van der Waals surface area contributed by atoms with Gasteiger partial charge < -0.3 is 5.32 Å². The lowest BCUT2D eigenvalue weighted by molar-refractivity contribution is -0.123. The smallest absolute Gasteiger partial charge is 0.262 e. The van der Waals surface area contributed by atoms with Gasteiger partial charge in [0.15, 0.2) is 0 Å². The lowest BCUT2D eigenvalue weighted by Gasteiger charge is -2.14. The summed E-state index contributed by atoms with van der Waals surface area (Å²) in [5.41, 5.74) is 3.13. The van der Waals surface area contributed by atoms with E-state index in [4.69, 9.17) is 0 Å². The van der Waals surface area contributed by atoms with Gasteiger partial charge in [0, 0.05) is 17.4 Å². The molecule has 20 heavy (non-hydrogen) atoms. The van der Waals surface area contributed by atoms with Crippen LogP contribution in [0, 0.1) is 13.8 Å². The molecule has 1 fully saturated rings. The highest BCUT2D eigenvalue weighted by atomic mass is 79.9. The highest BCUT2D eigenvalue weighted by Gasteiger charge is 2.42. The molecule has 1 aromatic rings. The highest BCUT2D eigenvalue weighted by Crippen LogP contribution is 2.25. The first-order chi connectivity index (χ1) is 9.28. The molecule has 0 radical (unpaired) electrons. The number of alkyl halides is 2. The molecule has 6 heteroatoms. The van der Waals surface area contributed by atoms with Gasteiger partial charge >= 0.3 is 0 Å². The summed E-state index contributed by atoms with van der Waals surface area (Å²) >= 11 is 3.41. The summed E-state index contributed by atoms with van der Waals surface area (Å²) < 4.78 is 27.1. The molecular weight excluding hydrogens is 330 g/mol. The van der Waals surface area contributed by atoms with Crippen molar-refractivity contribution in [3.05, 3.63) is 33.3 Å². The zero-order valence-corrected chi connectivity index (χ0v) is 13.0. The van der Waals surface area contributed by atoms with Crippen LogP contribution in [0.2, 0.25) is 0 Å². The summed E-state index contributed by atoms with van der Waals surface area (Å²) in [6, 6.07) is 3.13. The molecule has 0 spiro atoms. The summed E-state index contributed by atoms with van der Waals surface area (Å²) in [6.07, 6.45) is -0.433. The second-order valence-corrected chi connectivity index (χ2v) is 6.15. The molecule has 1 unspecified atom stereocenters. The first-order valence-corrected chi connectivity index (χ1v) is 7.22. The van der Waals surface area contributed by atoms with Gasteiger partial charge in [-0.1, -0.05) is 15.9 Å². The van der Waals surface area contributed by atoms with Gasteiger partial charge in [-0.25, -0.2) is 8.78 Å². The van der Waals surface area contributed by atoms with E-state index < -0.39 is 24.9 Å². The first-order valence-electron chi connectivity index (χ1n) is 6.43. The molecule has 1 saturated heterocycles. The van der Waals surface area contributed by atoms with Crippen molar-refractivity contribution < 1.29 is 13.6 Å². The third kappa shape index (κ3) is 3.55. The third-order valence-electron chi connectivity index (χ3n) is 3.53. The molecular formula is C14H17BrF2N2O. The van der Waals surface area contributed by atoms with Gasteiger partial charge in [0.05, 0.1) is 12.6 Å². The fraction of sp³-hybridized carbons (Fsp3) is 0.500. The van der Waals surface area contributed by atoms with Gasteiger partial charge in [-0.05, 0) is 42.7 Å². The lowest BCUT2D eigenvalue weighted by Crippen LogP contribution is -2.40. The standard InChI is InChI=1S/C14H17BrF2N2O/c1-8-3-10(15)4-9(2)11(8)6-18-13(20)12-5-14(16,17)7-19-12/h3-4,12,19H,5-7H2,1-2H3,(H,18,20). The minimum Gasteiger partial charge on any atom is -0.351 e. The monoisotopic (exact) mass is 346 g/mol. The predicted molar refractivity (Wildman–Crippen MR) is 76.8 cm³/mol. The van der Waals surface area contributed by atoms with E-state index in [9.17, 15) is 13.6 Å². The summed E-state index contributed by atoms with van der Waals surface area (Å²) in [4.78, 5) is 11.9. The number of hydrogen-bond donors (Lipinski definition) is 2. The maximum Gasteiger partial charge on any atom is 0.262 e. The molecule has 0 bridgehead atoms. The Bertz CT molecular complexity index is 511. The molecule has 110 valence electrons. The van der Waals surface area contributed by atoms with Gasteiger partial charge in [-0.2, -0.15) is 0 Å². The van der Waals surface area contributed by atoms with Crippen molar-refractivity contribution >= 4 is 21.8 Å². The van der Waals surface area contributed by atoms with Crippen LogP contribution >= 0.6 is 15.9 Å². The Kier molecular flexibility index (Phi) is 4.44. The SMILES string of the molecule is Cc1cc(Br)cc(C)c1CNC(=O)C1CC(F)(F)CN1. The summed E-state index contributed by atoms with van der Waals surface area (Å²) in [5, 5.41) is 5.28. The number of carbonyl (C=O) groups excluding carboxylic acids is 1. The molecule has 1 atom stereocenters. The quantitative estimate of drug-likeness (QED) is 0.883. The zero-order chi connectivity index (χ0) is 14.9. The van der Waals surface area contributed by atoms with Gasteiger partial charge in [-0.3, -0.25) is 10.1 Å². The maximum absolute atomic E-state index is 13.0. The number of carbonyl (C=O) groups is 1. The Balaban J connectivity index is 1.98. The van der Waals surface area contributed by atoms with E-state index in [1.165, 1.54) is 0 Å². The number of amides is 1. The second kappa shape index (κ2) is 5.77. The van der Waals surface area contributed by atoms with Crippen LogP contribution in [0.15, 0.2) is 16.6 Å². The fourth-order valence-corrected chi connectivity index (χ4v) is 3.11. The second-order valence-electron chi connectivity index (χ2n) is 5.23. The first kappa shape index (κ1) is 15.4. The van der Waals surface area contributed by atoms with Crippen molar-refractivity contribution in [1.29, 1.82) is 0 Å². The van der Waals surface area contributed by atoms with E-state index in [2.05, 4.69) is 26.6 Å². The van der Waals surface area contributed by atoms with E-state index >= 15 is 0 Å². The van der Waals surface area contributed by atoms with Gasteiger partial charge in [0.25, 0.3) is 5.92 Å². The number of aryl methyl sites for hydroxylation is 2. The number of rotatable bonds is 3. The molecule has 1 amide bonds. The van der Waals surface area contributed by atoms with Crippen LogP contribution in [0.1, 0.15) is 23.1 Å². The Morgan fingerprint density at radius 3 is 2.55 bits per heavy atom. The minimum atomic E-state index is -2.79. The molecule has 0 saturated carbocycles. The number of benzene rings is 1. The summed E-state index contributed by atoms with van der Waals surface area (Å²) in [7, 11) is 0. The number of nitrogens with one attached hydrogen (secondary N) is 2. The van der Waals surface area contributed by atoms with Crippen LogP contribution in [0.4, 0.5) is 8.78 Å². The van der Waals surface area contributed by atoms with Crippen molar-refractivity contribution in [3.8, 4) is 0 Å². The Hall–Kier alpha value is -1.01. The van der Waals surface area contributed by atoms with Crippen LogP contribution < -0.4 is 10.6 Å². The van der Waals surface area contributed by atoms with E-state index in [1.54, 1.807) is 0 Å². The number of hydrogen-bond acceptors (Lipinski definition) is 2. The Labute approximate surface area is 125 Å². The van der Waals surface area contributed by atoms with Crippen LogP contribution in [0.3, 0.4) is 0 Å². The van der Waals surface area contributed by atoms with Crippen molar-refractivity contribution in [2.45, 2.75) is 38.8 Å². The molecule has 0 aliphatic carbocycles. The van der Waals surface area contributed by atoms with Gasteiger partial charge in [0.1, 0.15) is 0 Å². The van der Waals surface area contributed by atoms with Crippen molar-refractivity contribution in [1.82, 2.24) is 10.6 Å². The van der Waals surface area contributed by atoms with E-state index in [1.807, 2.05) is 26.0 Å². The molecule has 1 aromatic carbocycles.